The molecule has 2 amide bonds. The Morgan fingerprint density at radius 1 is 1.00 bits per heavy atom. The number of hydrogen-bond acceptors (Lipinski definition) is 5. The SMILES string of the molecule is O=C(Nc1ccc([N+](=O)[O-])cc1)C(=Cc1ccccc1)NC(=O)c1ccc(Br)o1. The van der Waals surface area contributed by atoms with Gasteiger partial charge in [-0.1, -0.05) is 30.3 Å². The topological polar surface area (TPSA) is 114 Å². The van der Waals surface area contributed by atoms with Crippen molar-refractivity contribution in [3.8, 4) is 0 Å². The highest BCUT2D eigenvalue weighted by Gasteiger charge is 2.17. The molecule has 3 rings (SSSR count). The first-order valence-corrected chi connectivity index (χ1v) is 9.11. The summed E-state index contributed by atoms with van der Waals surface area (Å²) in [6.45, 7) is 0. The molecule has 0 fully saturated rings. The van der Waals surface area contributed by atoms with E-state index >= 15 is 0 Å². The summed E-state index contributed by atoms with van der Waals surface area (Å²) in [6.07, 6.45) is 1.51. The quantitative estimate of drug-likeness (QED) is 0.325. The largest absolute Gasteiger partial charge is 0.444 e. The number of furan rings is 1. The van der Waals surface area contributed by atoms with Crippen LogP contribution in [0.1, 0.15) is 16.1 Å². The number of nitro benzene ring substituents is 1. The number of nitro groups is 1. The van der Waals surface area contributed by atoms with Gasteiger partial charge in [0.05, 0.1) is 4.92 Å². The van der Waals surface area contributed by atoms with E-state index in [0.717, 1.165) is 0 Å². The minimum atomic E-state index is -0.600. The number of halogens is 1. The van der Waals surface area contributed by atoms with E-state index in [1.54, 1.807) is 30.3 Å². The van der Waals surface area contributed by atoms with Gasteiger partial charge in [0.15, 0.2) is 10.4 Å². The molecular formula is C20H14BrN3O5. The Labute approximate surface area is 173 Å². The molecule has 0 bridgehead atoms. The van der Waals surface area contributed by atoms with Gasteiger partial charge < -0.3 is 15.1 Å². The standard InChI is InChI=1S/C20H14BrN3O5/c21-18-11-10-17(29-18)20(26)23-16(12-13-4-2-1-3-5-13)19(25)22-14-6-8-15(9-7-14)24(27)28/h1-12H,(H,22,25)(H,23,26). The van der Waals surface area contributed by atoms with Crippen LogP contribution in [0.3, 0.4) is 0 Å². The predicted molar refractivity (Wildman–Crippen MR) is 110 cm³/mol. The molecule has 1 aromatic heterocycles. The van der Waals surface area contributed by atoms with Gasteiger partial charge in [-0.3, -0.25) is 19.7 Å². The summed E-state index contributed by atoms with van der Waals surface area (Å²) in [5, 5.41) is 15.9. The van der Waals surface area contributed by atoms with Gasteiger partial charge in [0.1, 0.15) is 5.70 Å². The van der Waals surface area contributed by atoms with Crippen LogP contribution < -0.4 is 10.6 Å². The van der Waals surface area contributed by atoms with Crippen LogP contribution in [0.15, 0.2) is 81.5 Å². The third-order valence-electron chi connectivity index (χ3n) is 3.74. The van der Waals surface area contributed by atoms with Gasteiger partial charge in [-0.15, -0.1) is 0 Å². The van der Waals surface area contributed by atoms with Crippen molar-refractivity contribution >= 4 is 45.2 Å². The average Bonchev–Trinajstić information content (AvgIpc) is 3.15. The second-order valence-corrected chi connectivity index (χ2v) is 6.57. The number of nitrogens with zero attached hydrogens (tertiary/aromatic N) is 1. The van der Waals surface area contributed by atoms with Crippen LogP contribution in [0.5, 0.6) is 0 Å². The molecule has 2 N–H and O–H groups in total. The van der Waals surface area contributed by atoms with Crippen molar-refractivity contribution in [2.45, 2.75) is 0 Å². The highest BCUT2D eigenvalue weighted by molar-refractivity contribution is 9.10. The number of carbonyl (C=O) groups excluding carboxylic acids is 2. The van der Waals surface area contributed by atoms with Crippen molar-refractivity contribution in [1.29, 1.82) is 0 Å². The first kappa shape index (κ1) is 20.0. The molecule has 1 heterocycles. The van der Waals surface area contributed by atoms with Gasteiger partial charge in [0.25, 0.3) is 17.5 Å². The third kappa shape index (κ3) is 5.39. The van der Waals surface area contributed by atoms with Crippen LogP contribution in [0.2, 0.25) is 0 Å². The van der Waals surface area contributed by atoms with Crippen LogP contribution in [0.4, 0.5) is 11.4 Å². The number of anilines is 1. The molecule has 0 unspecified atom stereocenters. The number of hydrogen-bond donors (Lipinski definition) is 2. The molecule has 2 aromatic carbocycles. The summed E-state index contributed by atoms with van der Waals surface area (Å²) >= 11 is 3.12. The van der Waals surface area contributed by atoms with E-state index in [1.807, 2.05) is 6.07 Å². The van der Waals surface area contributed by atoms with E-state index in [-0.39, 0.29) is 17.1 Å². The lowest BCUT2D eigenvalue weighted by Gasteiger charge is -2.10. The zero-order valence-electron chi connectivity index (χ0n) is 14.8. The number of carbonyl (C=O) groups is 2. The number of rotatable bonds is 6. The molecule has 0 saturated carbocycles. The Morgan fingerprint density at radius 2 is 1.69 bits per heavy atom. The minimum absolute atomic E-state index is 0.0212. The Morgan fingerprint density at radius 3 is 2.28 bits per heavy atom. The Hall–Kier alpha value is -3.72. The maximum atomic E-state index is 12.7. The van der Waals surface area contributed by atoms with E-state index in [0.29, 0.717) is 15.9 Å². The van der Waals surface area contributed by atoms with E-state index in [1.165, 1.54) is 36.4 Å². The third-order valence-corrected chi connectivity index (χ3v) is 4.16. The highest BCUT2D eigenvalue weighted by atomic mass is 79.9. The summed E-state index contributed by atoms with van der Waals surface area (Å²) in [7, 11) is 0. The Bertz CT molecular complexity index is 1080. The van der Waals surface area contributed by atoms with Crippen LogP contribution in [-0.2, 0) is 4.79 Å². The van der Waals surface area contributed by atoms with Gasteiger partial charge in [0, 0.05) is 17.8 Å². The first-order chi connectivity index (χ1) is 13.9. The van der Waals surface area contributed by atoms with E-state index in [4.69, 9.17) is 4.42 Å². The zero-order valence-corrected chi connectivity index (χ0v) is 16.4. The summed E-state index contributed by atoms with van der Waals surface area (Å²) in [6, 6.07) is 17.3. The second kappa shape index (κ2) is 8.98. The van der Waals surface area contributed by atoms with Gasteiger partial charge in [0.2, 0.25) is 0 Å². The predicted octanol–water partition coefficient (Wildman–Crippen LogP) is 4.36. The maximum absolute atomic E-state index is 12.7. The van der Waals surface area contributed by atoms with Crippen molar-refractivity contribution in [1.82, 2.24) is 5.32 Å². The van der Waals surface area contributed by atoms with Crippen LogP contribution in [0.25, 0.3) is 6.08 Å². The normalized spacial score (nSPS) is 11.0. The number of non-ortho nitro benzene ring substituents is 1. The lowest BCUT2D eigenvalue weighted by molar-refractivity contribution is -0.384. The first-order valence-electron chi connectivity index (χ1n) is 8.31. The molecule has 0 spiro atoms. The molecule has 0 atom stereocenters. The molecule has 0 radical (unpaired) electrons. The summed E-state index contributed by atoms with van der Waals surface area (Å²) < 4.78 is 5.59. The molecule has 0 aliphatic carbocycles. The smallest absolute Gasteiger partial charge is 0.291 e. The summed E-state index contributed by atoms with van der Waals surface area (Å²) in [4.78, 5) is 35.4. The van der Waals surface area contributed by atoms with Crippen molar-refractivity contribution in [2.24, 2.45) is 0 Å². The van der Waals surface area contributed by atoms with Gasteiger partial charge in [-0.2, -0.15) is 0 Å². The molecule has 0 aliphatic heterocycles. The van der Waals surface area contributed by atoms with E-state index in [2.05, 4.69) is 26.6 Å². The number of amides is 2. The van der Waals surface area contributed by atoms with Crippen molar-refractivity contribution in [3.63, 3.8) is 0 Å². The lowest BCUT2D eigenvalue weighted by Crippen LogP contribution is -2.30. The molecule has 8 nitrogen and oxygen atoms in total. The molecule has 29 heavy (non-hydrogen) atoms. The summed E-state index contributed by atoms with van der Waals surface area (Å²) in [5.41, 5.74) is 0.920. The number of nitrogens with one attached hydrogen (secondary N) is 2. The second-order valence-electron chi connectivity index (χ2n) is 5.78. The van der Waals surface area contributed by atoms with Crippen molar-refractivity contribution in [3.05, 3.63) is 98.5 Å². The summed E-state index contributed by atoms with van der Waals surface area (Å²) in [5.74, 6) is -1.17. The maximum Gasteiger partial charge on any atom is 0.291 e. The Balaban J connectivity index is 1.83. The molecule has 9 heteroatoms. The molecule has 0 saturated heterocycles. The lowest BCUT2D eigenvalue weighted by atomic mass is 10.2. The van der Waals surface area contributed by atoms with E-state index in [9.17, 15) is 19.7 Å². The van der Waals surface area contributed by atoms with E-state index < -0.39 is 16.7 Å². The zero-order chi connectivity index (χ0) is 20.8. The minimum Gasteiger partial charge on any atom is -0.444 e. The molecule has 0 aliphatic rings. The Kier molecular flexibility index (Phi) is 6.20. The fraction of sp³-hybridized carbons (Fsp3) is 0. The molecule has 3 aromatic rings. The monoisotopic (exact) mass is 455 g/mol. The van der Waals surface area contributed by atoms with Crippen molar-refractivity contribution in [2.75, 3.05) is 5.32 Å². The van der Waals surface area contributed by atoms with Gasteiger partial charge in [-0.25, -0.2) is 0 Å². The van der Waals surface area contributed by atoms with Gasteiger partial charge in [-0.05, 0) is 51.8 Å². The van der Waals surface area contributed by atoms with Crippen LogP contribution >= 0.6 is 15.9 Å². The highest BCUT2D eigenvalue weighted by Crippen LogP contribution is 2.17. The van der Waals surface area contributed by atoms with Gasteiger partial charge >= 0.3 is 0 Å². The number of benzene rings is 2. The van der Waals surface area contributed by atoms with Crippen molar-refractivity contribution < 1.29 is 18.9 Å². The average molecular weight is 456 g/mol. The van der Waals surface area contributed by atoms with Crippen LogP contribution in [0, 0.1) is 10.1 Å². The fourth-order valence-corrected chi connectivity index (χ4v) is 2.67. The fourth-order valence-electron chi connectivity index (χ4n) is 2.36. The molecular weight excluding hydrogens is 442 g/mol. The van der Waals surface area contributed by atoms with Crippen LogP contribution in [-0.4, -0.2) is 16.7 Å². The molecule has 146 valence electrons.